The van der Waals surface area contributed by atoms with Gasteiger partial charge in [-0.05, 0) is 18.6 Å². The highest BCUT2D eigenvalue weighted by atomic mass is 16.6. The second-order valence-electron chi connectivity index (χ2n) is 6.98. The van der Waals surface area contributed by atoms with E-state index in [2.05, 4.69) is 35.2 Å². The van der Waals surface area contributed by atoms with Gasteiger partial charge in [0.1, 0.15) is 5.69 Å². The maximum absolute atomic E-state index is 11.9. The van der Waals surface area contributed by atoms with Crippen molar-refractivity contribution in [2.75, 3.05) is 11.9 Å². The molecular weight excluding hydrogens is 332 g/mol. The minimum atomic E-state index is -0.492. The highest BCUT2D eigenvalue weighted by Crippen LogP contribution is 2.30. The van der Waals surface area contributed by atoms with Gasteiger partial charge in [-0.3, -0.25) is 14.9 Å². The number of rotatable bonds is 5. The van der Waals surface area contributed by atoms with Gasteiger partial charge in [-0.1, -0.05) is 43.7 Å². The van der Waals surface area contributed by atoms with Crippen LogP contribution in [0.3, 0.4) is 0 Å². The average Bonchev–Trinajstić information content (AvgIpc) is 2.59. The third-order valence-corrected chi connectivity index (χ3v) is 4.47. The topological polar surface area (TPSA) is 101 Å². The molecule has 0 saturated heterocycles. The molecule has 0 bridgehead atoms. The van der Waals surface area contributed by atoms with Crippen molar-refractivity contribution in [2.24, 2.45) is 0 Å². The first-order chi connectivity index (χ1) is 12.3. The number of nitrogens with zero attached hydrogens (tertiary/aromatic N) is 2. The van der Waals surface area contributed by atoms with Gasteiger partial charge in [0, 0.05) is 18.0 Å². The van der Waals surface area contributed by atoms with E-state index < -0.39 is 10.5 Å². The Morgan fingerprint density at radius 3 is 2.73 bits per heavy atom. The quantitative estimate of drug-likeness (QED) is 0.540. The molecule has 3 rings (SSSR count). The molecular formula is C19H20N4O3. The molecule has 26 heavy (non-hydrogen) atoms. The Bertz CT molecular complexity index is 1040. The molecule has 0 atom stereocenters. The molecule has 0 spiro atoms. The van der Waals surface area contributed by atoms with Crippen LogP contribution in [0, 0.1) is 17.0 Å². The highest BCUT2D eigenvalue weighted by molar-refractivity contribution is 5.86. The molecule has 0 aliphatic carbocycles. The average molecular weight is 352 g/mol. The third-order valence-electron chi connectivity index (χ3n) is 4.47. The Balaban J connectivity index is 1.96. The maximum Gasteiger partial charge on any atom is 0.293 e. The number of hydrogen-bond acceptors (Lipinski definition) is 5. The minimum Gasteiger partial charge on any atom is -0.379 e. The van der Waals surface area contributed by atoms with Gasteiger partial charge in [-0.15, -0.1) is 0 Å². The summed E-state index contributed by atoms with van der Waals surface area (Å²) in [5, 5.41) is 14.8. The van der Waals surface area contributed by atoms with Gasteiger partial charge in [0.05, 0.1) is 22.2 Å². The van der Waals surface area contributed by atoms with Gasteiger partial charge in [-0.25, -0.2) is 4.98 Å². The molecule has 0 fully saturated rings. The van der Waals surface area contributed by atoms with Gasteiger partial charge >= 0.3 is 0 Å². The van der Waals surface area contributed by atoms with Crippen molar-refractivity contribution in [3.05, 3.63) is 74.3 Å². The summed E-state index contributed by atoms with van der Waals surface area (Å²) in [7, 11) is 0. The van der Waals surface area contributed by atoms with E-state index in [0.717, 1.165) is 11.1 Å². The first-order valence-corrected chi connectivity index (χ1v) is 8.25. The van der Waals surface area contributed by atoms with Gasteiger partial charge in [0.15, 0.2) is 0 Å². The number of nitro benzene ring substituents is 1. The van der Waals surface area contributed by atoms with Crippen LogP contribution in [0.1, 0.15) is 25.0 Å². The second-order valence-corrected chi connectivity index (χ2v) is 6.98. The highest BCUT2D eigenvalue weighted by Gasteiger charge is 2.23. The Morgan fingerprint density at radius 1 is 1.27 bits per heavy atom. The SMILES string of the molecule is Cc1cccc(C(C)(C)CNc2cc3nc[nH]c(=O)c3cc2[N+](=O)[O-])c1. The lowest BCUT2D eigenvalue weighted by molar-refractivity contribution is -0.383. The minimum absolute atomic E-state index is 0.143. The van der Waals surface area contributed by atoms with E-state index in [1.807, 2.05) is 25.1 Å². The molecule has 0 amide bonds. The number of nitro groups is 1. The standard InChI is InChI=1S/C19H20N4O3/c1-12-5-4-6-13(7-12)19(2,3)10-20-16-9-15-14(8-17(16)23(25)26)18(24)22-11-21-15/h4-9,11,20H,10H2,1-3H3,(H,21,22,24). The van der Waals surface area contributed by atoms with Crippen LogP contribution in [0.15, 0.2) is 47.5 Å². The number of hydrogen-bond donors (Lipinski definition) is 2. The van der Waals surface area contributed by atoms with E-state index in [1.54, 1.807) is 6.07 Å². The van der Waals surface area contributed by atoms with Crippen LogP contribution in [-0.2, 0) is 5.41 Å². The molecule has 1 heterocycles. The Morgan fingerprint density at radius 2 is 2.04 bits per heavy atom. The van der Waals surface area contributed by atoms with E-state index in [0.29, 0.717) is 17.7 Å². The van der Waals surface area contributed by atoms with Crippen molar-refractivity contribution in [3.8, 4) is 0 Å². The summed E-state index contributed by atoms with van der Waals surface area (Å²) in [6.07, 6.45) is 1.29. The molecule has 0 aliphatic rings. The number of H-pyrrole nitrogens is 1. The number of aromatic nitrogens is 2. The van der Waals surface area contributed by atoms with Gasteiger partial charge in [0.25, 0.3) is 11.2 Å². The molecule has 0 unspecified atom stereocenters. The molecule has 0 saturated carbocycles. The predicted octanol–water partition coefficient (Wildman–Crippen LogP) is 3.53. The smallest absolute Gasteiger partial charge is 0.293 e. The molecule has 3 aromatic rings. The number of fused-ring (bicyclic) bond motifs is 1. The zero-order chi connectivity index (χ0) is 18.9. The van der Waals surface area contributed by atoms with Crippen LogP contribution in [0.4, 0.5) is 11.4 Å². The summed E-state index contributed by atoms with van der Waals surface area (Å²) in [5.41, 5.74) is 2.28. The Hall–Kier alpha value is -3.22. The lowest BCUT2D eigenvalue weighted by Gasteiger charge is -2.26. The molecule has 2 aromatic carbocycles. The lowest BCUT2D eigenvalue weighted by atomic mass is 9.84. The molecule has 1 aromatic heterocycles. The Kier molecular flexibility index (Phi) is 4.46. The molecule has 7 heteroatoms. The summed E-state index contributed by atoms with van der Waals surface area (Å²) in [6.45, 7) is 6.67. The zero-order valence-electron chi connectivity index (χ0n) is 14.9. The fourth-order valence-corrected chi connectivity index (χ4v) is 2.88. The first kappa shape index (κ1) is 17.6. The van der Waals surface area contributed by atoms with Crippen molar-refractivity contribution in [3.63, 3.8) is 0 Å². The zero-order valence-corrected chi connectivity index (χ0v) is 14.9. The molecule has 0 radical (unpaired) electrons. The van der Waals surface area contributed by atoms with E-state index in [9.17, 15) is 14.9 Å². The molecule has 134 valence electrons. The van der Waals surface area contributed by atoms with E-state index in [-0.39, 0.29) is 16.5 Å². The molecule has 2 N–H and O–H groups in total. The van der Waals surface area contributed by atoms with E-state index >= 15 is 0 Å². The third kappa shape index (κ3) is 3.42. The fourth-order valence-electron chi connectivity index (χ4n) is 2.88. The van der Waals surface area contributed by atoms with Crippen LogP contribution >= 0.6 is 0 Å². The molecule has 0 aliphatic heterocycles. The summed E-state index contributed by atoms with van der Waals surface area (Å²) in [6, 6.07) is 11.0. The predicted molar refractivity (Wildman–Crippen MR) is 102 cm³/mol. The van der Waals surface area contributed by atoms with Crippen molar-refractivity contribution >= 4 is 22.3 Å². The number of nitrogens with one attached hydrogen (secondary N) is 2. The van der Waals surface area contributed by atoms with Crippen molar-refractivity contribution in [2.45, 2.75) is 26.2 Å². The van der Waals surface area contributed by atoms with Crippen molar-refractivity contribution in [1.29, 1.82) is 0 Å². The van der Waals surface area contributed by atoms with Crippen molar-refractivity contribution < 1.29 is 4.92 Å². The second kappa shape index (κ2) is 6.59. The fraction of sp³-hybridized carbons (Fsp3) is 0.263. The summed E-state index contributed by atoms with van der Waals surface area (Å²) < 4.78 is 0. The largest absolute Gasteiger partial charge is 0.379 e. The van der Waals surface area contributed by atoms with Crippen LogP contribution in [-0.4, -0.2) is 21.4 Å². The van der Waals surface area contributed by atoms with Crippen LogP contribution in [0.25, 0.3) is 10.9 Å². The number of benzene rings is 2. The van der Waals surface area contributed by atoms with Crippen LogP contribution in [0.5, 0.6) is 0 Å². The van der Waals surface area contributed by atoms with Crippen molar-refractivity contribution in [1.82, 2.24) is 9.97 Å². The van der Waals surface area contributed by atoms with E-state index in [1.165, 1.54) is 12.4 Å². The number of anilines is 1. The van der Waals surface area contributed by atoms with Crippen LogP contribution in [0.2, 0.25) is 0 Å². The monoisotopic (exact) mass is 352 g/mol. The Labute approximate surface area is 150 Å². The summed E-state index contributed by atoms with van der Waals surface area (Å²) >= 11 is 0. The summed E-state index contributed by atoms with van der Waals surface area (Å²) in [5.74, 6) is 0. The first-order valence-electron chi connectivity index (χ1n) is 8.25. The van der Waals surface area contributed by atoms with Gasteiger partial charge in [0.2, 0.25) is 0 Å². The summed E-state index contributed by atoms with van der Waals surface area (Å²) in [4.78, 5) is 29.3. The maximum atomic E-state index is 11.9. The molecule has 7 nitrogen and oxygen atoms in total. The number of aromatic amines is 1. The normalized spacial score (nSPS) is 11.5. The van der Waals surface area contributed by atoms with Gasteiger partial charge in [-0.2, -0.15) is 0 Å². The van der Waals surface area contributed by atoms with E-state index in [4.69, 9.17) is 0 Å². The van der Waals surface area contributed by atoms with Gasteiger partial charge < -0.3 is 10.3 Å². The van der Waals surface area contributed by atoms with Crippen LogP contribution < -0.4 is 10.9 Å². The lowest BCUT2D eigenvalue weighted by Crippen LogP contribution is -2.28. The number of aryl methyl sites for hydroxylation is 1.